The van der Waals surface area contributed by atoms with Crippen molar-refractivity contribution in [3.63, 3.8) is 0 Å². The van der Waals surface area contributed by atoms with Crippen LogP contribution >= 0.6 is 0 Å². The molecule has 0 aromatic heterocycles. The van der Waals surface area contributed by atoms with Gasteiger partial charge in [0.1, 0.15) is 0 Å². The lowest BCUT2D eigenvalue weighted by Crippen LogP contribution is -2.36. The van der Waals surface area contributed by atoms with E-state index in [0.29, 0.717) is 19.5 Å². The first-order valence-electron chi connectivity index (χ1n) is 11.4. The maximum absolute atomic E-state index is 12.8. The predicted octanol–water partition coefficient (Wildman–Crippen LogP) is 3.55. The SMILES string of the molecule is O=C(Cc1ccccc1)NCCC(=O)OCC(=O)N(CCc1ccccc1)Cc1ccccc1. The fourth-order valence-electron chi connectivity index (χ4n) is 3.46. The van der Waals surface area contributed by atoms with Crippen LogP contribution in [-0.2, 0) is 38.5 Å². The van der Waals surface area contributed by atoms with E-state index in [4.69, 9.17) is 4.74 Å². The second-order valence-electron chi connectivity index (χ2n) is 7.96. The molecule has 0 radical (unpaired) electrons. The molecule has 0 heterocycles. The molecule has 0 saturated carbocycles. The van der Waals surface area contributed by atoms with Crippen molar-refractivity contribution in [1.29, 1.82) is 0 Å². The second-order valence-corrected chi connectivity index (χ2v) is 7.96. The number of amides is 2. The third-order valence-electron chi connectivity index (χ3n) is 5.30. The molecule has 3 aromatic rings. The van der Waals surface area contributed by atoms with Gasteiger partial charge >= 0.3 is 5.97 Å². The largest absolute Gasteiger partial charge is 0.456 e. The van der Waals surface area contributed by atoms with Gasteiger partial charge in [-0.25, -0.2) is 0 Å². The van der Waals surface area contributed by atoms with Crippen molar-refractivity contribution < 1.29 is 19.1 Å². The lowest BCUT2D eigenvalue weighted by Gasteiger charge is -2.23. The molecule has 0 aliphatic carbocycles. The Morgan fingerprint density at radius 1 is 0.735 bits per heavy atom. The summed E-state index contributed by atoms with van der Waals surface area (Å²) in [5.41, 5.74) is 3.05. The topological polar surface area (TPSA) is 75.7 Å². The van der Waals surface area contributed by atoms with Crippen molar-refractivity contribution in [2.75, 3.05) is 19.7 Å². The van der Waals surface area contributed by atoms with Crippen LogP contribution in [0.2, 0.25) is 0 Å². The summed E-state index contributed by atoms with van der Waals surface area (Å²) in [6, 6.07) is 29.1. The van der Waals surface area contributed by atoms with E-state index in [9.17, 15) is 14.4 Å². The van der Waals surface area contributed by atoms with Crippen molar-refractivity contribution in [2.24, 2.45) is 0 Å². The highest BCUT2D eigenvalue weighted by atomic mass is 16.5. The van der Waals surface area contributed by atoms with Crippen LogP contribution in [0.25, 0.3) is 0 Å². The van der Waals surface area contributed by atoms with Crippen LogP contribution in [0.5, 0.6) is 0 Å². The van der Waals surface area contributed by atoms with Gasteiger partial charge in [0.2, 0.25) is 5.91 Å². The molecule has 3 rings (SSSR count). The Balaban J connectivity index is 1.43. The van der Waals surface area contributed by atoms with Crippen LogP contribution in [0.4, 0.5) is 0 Å². The minimum Gasteiger partial charge on any atom is -0.456 e. The molecule has 176 valence electrons. The molecular weight excluding hydrogens is 428 g/mol. The number of hydrogen-bond donors (Lipinski definition) is 1. The Morgan fingerprint density at radius 3 is 1.91 bits per heavy atom. The van der Waals surface area contributed by atoms with E-state index in [1.807, 2.05) is 91.0 Å². The Hall–Kier alpha value is -3.93. The number of carbonyl (C=O) groups excluding carboxylic acids is 3. The average Bonchev–Trinajstić information content (AvgIpc) is 2.87. The molecule has 3 aromatic carbocycles. The summed E-state index contributed by atoms with van der Waals surface area (Å²) in [5.74, 6) is -0.928. The zero-order chi connectivity index (χ0) is 24.0. The van der Waals surface area contributed by atoms with Gasteiger partial charge in [-0.2, -0.15) is 0 Å². The molecule has 0 spiro atoms. The zero-order valence-corrected chi connectivity index (χ0v) is 19.2. The summed E-state index contributed by atoms with van der Waals surface area (Å²) < 4.78 is 5.19. The van der Waals surface area contributed by atoms with Gasteiger partial charge in [-0.15, -0.1) is 0 Å². The van der Waals surface area contributed by atoms with Gasteiger partial charge in [-0.1, -0.05) is 91.0 Å². The number of hydrogen-bond acceptors (Lipinski definition) is 4. The minimum absolute atomic E-state index is 0.0104. The van der Waals surface area contributed by atoms with Gasteiger partial charge in [0.25, 0.3) is 5.91 Å². The number of ether oxygens (including phenoxy) is 1. The highest BCUT2D eigenvalue weighted by Crippen LogP contribution is 2.08. The quantitative estimate of drug-likeness (QED) is 0.421. The Kier molecular flexibility index (Phi) is 9.87. The fraction of sp³-hybridized carbons (Fsp3) is 0.250. The summed E-state index contributed by atoms with van der Waals surface area (Å²) in [7, 11) is 0. The highest BCUT2D eigenvalue weighted by Gasteiger charge is 2.16. The van der Waals surface area contributed by atoms with Crippen LogP contribution in [-0.4, -0.2) is 42.4 Å². The lowest BCUT2D eigenvalue weighted by atomic mass is 10.1. The molecule has 1 N–H and O–H groups in total. The van der Waals surface area contributed by atoms with Crippen molar-refractivity contribution >= 4 is 17.8 Å². The first-order chi connectivity index (χ1) is 16.6. The molecule has 2 amide bonds. The van der Waals surface area contributed by atoms with Crippen molar-refractivity contribution in [1.82, 2.24) is 10.2 Å². The summed E-state index contributed by atoms with van der Waals surface area (Å²) in [6.45, 7) is 0.809. The van der Waals surface area contributed by atoms with Gasteiger partial charge in [-0.3, -0.25) is 14.4 Å². The van der Waals surface area contributed by atoms with E-state index in [-0.39, 0.29) is 37.8 Å². The summed E-state index contributed by atoms with van der Waals surface area (Å²) >= 11 is 0. The molecule has 34 heavy (non-hydrogen) atoms. The molecule has 6 nitrogen and oxygen atoms in total. The van der Waals surface area contributed by atoms with Gasteiger partial charge in [-0.05, 0) is 23.1 Å². The number of nitrogens with one attached hydrogen (secondary N) is 1. The maximum Gasteiger partial charge on any atom is 0.308 e. The molecule has 0 saturated heterocycles. The molecule has 0 atom stereocenters. The Bertz CT molecular complexity index is 1040. The summed E-state index contributed by atoms with van der Waals surface area (Å²) in [4.78, 5) is 38.6. The van der Waals surface area contributed by atoms with Gasteiger partial charge in [0.05, 0.1) is 12.8 Å². The van der Waals surface area contributed by atoms with Crippen LogP contribution in [0, 0.1) is 0 Å². The fourth-order valence-corrected chi connectivity index (χ4v) is 3.46. The van der Waals surface area contributed by atoms with Crippen molar-refractivity contribution in [2.45, 2.75) is 25.8 Å². The number of carbonyl (C=O) groups is 3. The molecule has 0 bridgehead atoms. The van der Waals surface area contributed by atoms with Crippen LogP contribution in [0.15, 0.2) is 91.0 Å². The molecule has 6 heteroatoms. The predicted molar refractivity (Wildman–Crippen MR) is 131 cm³/mol. The number of esters is 1. The second kappa shape index (κ2) is 13.6. The van der Waals surface area contributed by atoms with E-state index in [1.54, 1.807) is 4.90 Å². The van der Waals surface area contributed by atoms with Crippen LogP contribution in [0.3, 0.4) is 0 Å². The Labute approximate surface area is 200 Å². The maximum atomic E-state index is 12.8. The van der Waals surface area contributed by atoms with Crippen LogP contribution < -0.4 is 5.32 Å². The zero-order valence-electron chi connectivity index (χ0n) is 19.2. The molecule has 0 aliphatic rings. The van der Waals surface area contributed by atoms with Crippen molar-refractivity contribution in [3.8, 4) is 0 Å². The normalized spacial score (nSPS) is 10.4. The third kappa shape index (κ3) is 8.90. The van der Waals surface area contributed by atoms with E-state index in [0.717, 1.165) is 16.7 Å². The minimum atomic E-state index is -0.518. The summed E-state index contributed by atoms with van der Waals surface area (Å²) in [5, 5.41) is 2.71. The molecule has 0 aliphatic heterocycles. The number of nitrogens with zero attached hydrogens (tertiary/aromatic N) is 1. The van der Waals surface area contributed by atoms with Gasteiger partial charge in [0, 0.05) is 19.6 Å². The smallest absolute Gasteiger partial charge is 0.308 e. The van der Waals surface area contributed by atoms with E-state index < -0.39 is 5.97 Å². The van der Waals surface area contributed by atoms with E-state index in [2.05, 4.69) is 5.32 Å². The van der Waals surface area contributed by atoms with E-state index >= 15 is 0 Å². The first kappa shape index (κ1) is 24.7. The van der Waals surface area contributed by atoms with Crippen molar-refractivity contribution in [3.05, 3.63) is 108 Å². The average molecular weight is 459 g/mol. The standard InChI is InChI=1S/C28H30N2O4/c31-26(20-24-12-6-2-7-13-24)29-18-16-28(33)34-22-27(32)30(21-25-14-8-3-9-15-25)19-17-23-10-4-1-5-11-23/h1-15H,16-22H2,(H,29,31). The third-order valence-corrected chi connectivity index (χ3v) is 5.30. The molecule has 0 unspecified atom stereocenters. The molecule has 0 fully saturated rings. The van der Waals surface area contributed by atoms with Crippen LogP contribution in [0.1, 0.15) is 23.1 Å². The lowest BCUT2D eigenvalue weighted by molar-refractivity contribution is -0.152. The number of benzene rings is 3. The number of rotatable bonds is 12. The monoisotopic (exact) mass is 458 g/mol. The highest BCUT2D eigenvalue weighted by molar-refractivity contribution is 5.81. The van der Waals surface area contributed by atoms with E-state index in [1.165, 1.54) is 0 Å². The molecular formula is C28H30N2O4. The van der Waals surface area contributed by atoms with Gasteiger partial charge < -0.3 is 15.0 Å². The Morgan fingerprint density at radius 2 is 1.29 bits per heavy atom. The van der Waals surface area contributed by atoms with Gasteiger partial charge in [0.15, 0.2) is 6.61 Å². The first-order valence-corrected chi connectivity index (χ1v) is 11.4. The summed E-state index contributed by atoms with van der Waals surface area (Å²) in [6.07, 6.45) is 0.974.